The second-order valence-electron chi connectivity index (χ2n) is 8.27. The van der Waals surface area contributed by atoms with E-state index in [1.807, 2.05) is 6.92 Å². The molecular weight excluding hydrogens is 482 g/mol. The van der Waals surface area contributed by atoms with Crippen molar-refractivity contribution in [3.05, 3.63) is 82.9 Å². The normalized spacial score (nSPS) is 14.9. The molecule has 0 spiro atoms. The maximum atomic E-state index is 14.4. The Morgan fingerprint density at radius 2 is 1.49 bits per heavy atom. The van der Waals surface area contributed by atoms with Crippen LogP contribution in [0.2, 0.25) is 0 Å². The van der Waals surface area contributed by atoms with Crippen molar-refractivity contribution in [1.82, 2.24) is 4.90 Å². The predicted octanol–water partition coefficient (Wildman–Crippen LogP) is 5.34. The number of ether oxygens (including phenoxy) is 3. The molecule has 3 aromatic carbocycles. The zero-order valence-corrected chi connectivity index (χ0v) is 20.8. The number of amides is 2. The maximum absolute atomic E-state index is 14.4. The lowest BCUT2D eigenvalue weighted by molar-refractivity contribution is -0.117. The van der Waals surface area contributed by atoms with Gasteiger partial charge < -0.3 is 24.4 Å². The molecule has 1 unspecified atom stereocenters. The van der Waals surface area contributed by atoms with Crippen LogP contribution < -0.4 is 19.5 Å². The number of benzene rings is 3. The van der Waals surface area contributed by atoms with E-state index in [1.165, 1.54) is 59.5 Å². The summed E-state index contributed by atoms with van der Waals surface area (Å²) in [6.45, 7) is 6.11. The van der Waals surface area contributed by atoms with Crippen LogP contribution in [0.25, 0.3) is 0 Å². The monoisotopic (exact) mass is 510 g/mol. The van der Waals surface area contributed by atoms with Crippen molar-refractivity contribution in [3.63, 3.8) is 0 Å². The highest BCUT2D eigenvalue weighted by molar-refractivity contribution is 6.02. The Kier molecular flexibility index (Phi) is 7.91. The lowest BCUT2D eigenvalue weighted by Gasteiger charge is -2.31. The van der Waals surface area contributed by atoms with Gasteiger partial charge in [0, 0.05) is 16.8 Å². The fourth-order valence-electron chi connectivity index (χ4n) is 4.35. The first-order valence-corrected chi connectivity index (χ1v) is 12.1. The molecule has 0 aromatic heterocycles. The molecule has 0 bridgehead atoms. The number of hydrogen-bond donors (Lipinski definition) is 1. The molecule has 0 saturated carbocycles. The molecule has 194 valence electrons. The summed E-state index contributed by atoms with van der Waals surface area (Å²) in [6.07, 6.45) is 0. The first-order chi connectivity index (χ1) is 17.9. The van der Waals surface area contributed by atoms with Gasteiger partial charge in [-0.05, 0) is 68.8 Å². The number of fused-ring (bicyclic) bond motifs is 1. The van der Waals surface area contributed by atoms with Crippen LogP contribution in [-0.4, -0.2) is 43.1 Å². The number of nitrogens with one attached hydrogen (secondary N) is 1. The highest BCUT2D eigenvalue weighted by Gasteiger charge is 2.35. The van der Waals surface area contributed by atoms with Gasteiger partial charge in [-0.15, -0.1) is 0 Å². The number of hydrogen-bond acceptors (Lipinski definition) is 5. The maximum Gasteiger partial charge on any atom is 0.255 e. The van der Waals surface area contributed by atoms with Crippen molar-refractivity contribution < 1.29 is 32.6 Å². The van der Waals surface area contributed by atoms with Crippen LogP contribution in [0.1, 0.15) is 48.3 Å². The Bertz CT molecular complexity index is 1270. The molecule has 3 aromatic rings. The summed E-state index contributed by atoms with van der Waals surface area (Å²) in [6, 6.07) is 11.7. The standard InChI is InChI=1S/C28H28F2N2O5/c1-4-35-23-13-18(14-24(36-5-2)27(23)37-6-3)28(34)32-16-25(33)31-22-12-11-20(30)15-21(22)26(32)17-7-9-19(29)10-8-17/h7-15,26H,4-6,16H2,1-3H3,(H,31,33). The van der Waals surface area contributed by atoms with Gasteiger partial charge in [-0.25, -0.2) is 8.78 Å². The van der Waals surface area contributed by atoms with Crippen molar-refractivity contribution in [2.45, 2.75) is 26.8 Å². The minimum absolute atomic E-state index is 0.190. The van der Waals surface area contributed by atoms with E-state index in [0.29, 0.717) is 53.9 Å². The first-order valence-electron chi connectivity index (χ1n) is 12.1. The van der Waals surface area contributed by atoms with Gasteiger partial charge in [0.1, 0.15) is 18.2 Å². The molecule has 37 heavy (non-hydrogen) atoms. The highest BCUT2D eigenvalue weighted by Crippen LogP contribution is 2.41. The third kappa shape index (κ3) is 5.50. The van der Waals surface area contributed by atoms with E-state index in [-0.39, 0.29) is 12.1 Å². The Hall–Kier alpha value is -4.14. The van der Waals surface area contributed by atoms with E-state index in [0.717, 1.165) is 0 Å². The molecule has 1 N–H and O–H groups in total. The van der Waals surface area contributed by atoms with E-state index in [2.05, 4.69) is 5.32 Å². The topological polar surface area (TPSA) is 77.1 Å². The quantitative estimate of drug-likeness (QED) is 0.443. The summed E-state index contributed by atoms with van der Waals surface area (Å²) in [5.74, 6) is -0.950. The van der Waals surface area contributed by atoms with Gasteiger partial charge >= 0.3 is 0 Å². The molecule has 1 aliphatic rings. The lowest BCUT2D eigenvalue weighted by Crippen LogP contribution is -2.39. The van der Waals surface area contributed by atoms with Gasteiger partial charge in [0.25, 0.3) is 5.91 Å². The van der Waals surface area contributed by atoms with Crippen molar-refractivity contribution in [3.8, 4) is 17.2 Å². The third-order valence-electron chi connectivity index (χ3n) is 5.81. The largest absolute Gasteiger partial charge is 0.490 e. The average molecular weight is 511 g/mol. The van der Waals surface area contributed by atoms with Crippen molar-refractivity contribution in [1.29, 1.82) is 0 Å². The van der Waals surface area contributed by atoms with Crippen LogP contribution in [0.15, 0.2) is 54.6 Å². The molecule has 9 heteroatoms. The van der Waals surface area contributed by atoms with Gasteiger partial charge in [0.15, 0.2) is 11.5 Å². The van der Waals surface area contributed by atoms with Crippen LogP contribution in [0.5, 0.6) is 17.2 Å². The van der Waals surface area contributed by atoms with E-state index in [1.54, 1.807) is 13.8 Å². The highest BCUT2D eigenvalue weighted by atomic mass is 19.1. The van der Waals surface area contributed by atoms with E-state index < -0.39 is 29.5 Å². The van der Waals surface area contributed by atoms with Crippen molar-refractivity contribution in [2.24, 2.45) is 0 Å². The summed E-state index contributed by atoms with van der Waals surface area (Å²) >= 11 is 0. The van der Waals surface area contributed by atoms with Crippen molar-refractivity contribution in [2.75, 3.05) is 31.7 Å². The average Bonchev–Trinajstić information content (AvgIpc) is 3.01. The molecule has 2 amide bonds. The van der Waals surface area contributed by atoms with Gasteiger partial charge in [-0.2, -0.15) is 0 Å². The van der Waals surface area contributed by atoms with E-state index in [9.17, 15) is 18.4 Å². The summed E-state index contributed by atoms with van der Waals surface area (Å²) in [5, 5.41) is 2.74. The fraction of sp³-hybridized carbons (Fsp3) is 0.286. The van der Waals surface area contributed by atoms with Crippen LogP contribution in [0.3, 0.4) is 0 Å². The van der Waals surface area contributed by atoms with Crippen LogP contribution in [0.4, 0.5) is 14.5 Å². The Balaban J connectivity index is 1.88. The minimum atomic E-state index is -0.879. The first kappa shape index (κ1) is 25.9. The molecular formula is C28H28F2N2O5. The molecule has 1 atom stereocenters. The van der Waals surface area contributed by atoms with Crippen LogP contribution >= 0.6 is 0 Å². The van der Waals surface area contributed by atoms with Gasteiger partial charge in [0.2, 0.25) is 11.7 Å². The van der Waals surface area contributed by atoms with Gasteiger partial charge in [0.05, 0.1) is 25.9 Å². The molecule has 4 rings (SSSR count). The summed E-state index contributed by atoms with van der Waals surface area (Å²) in [7, 11) is 0. The molecule has 1 heterocycles. The smallest absolute Gasteiger partial charge is 0.255 e. The van der Waals surface area contributed by atoms with E-state index in [4.69, 9.17) is 14.2 Å². The Morgan fingerprint density at radius 1 is 0.892 bits per heavy atom. The van der Waals surface area contributed by atoms with Gasteiger partial charge in [-0.1, -0.05) is 12.1 Å². The second kappa shape index (κ2) is 11.3. The lowest BCUT2D eigenvalue weighted by atomic mass is 9.95. The zero-order chi connectivity index (χ0) is 26.5. The van der Waals surface area contributed by atoms with Crippen molar-refractivity contribution >= 4 is 17.5 Å². The number of carbonyl (C=O) groups is 2. The van der Waals surface area contributed by atoms with Crippen LogP contribution in [-0.2, 0) is 4.79 Å². The van der Waals surface area contributed by atoms with Crippen LogP contribution in [0, 0.1) is 11.6 Å². The Labute approximate surface area is 213 Å². The minimum Gasteiger partial charge on any atom is -0.490 e. The zero-order valence-electron chi connectivity index (χ0n) is 20.8. The third-order valence-corrected chi connectivity index (χ3v) is 5.81. The summed E-state index contributed by atoms with van der Waals surface area (Å²) in [4.78, 5) is 28.2. The molecule has 1 aliphatic heterocycles. The molecule has 7 nitrogen and oxygen atoms in total. The number of anilines is 1. The van der Waals surface area contributed by atoms with E-state index >= 15 is 0 Å². The fourth-order valence-corrected chi connectivity index (χ4v) is 4.35. The number of carbonyl (C=O) groups excluding carboxylic acids is 2. The molecule has 0 aliphatic carbocycles. The van der Waals surface area contributed by atoms with Gasteiger partial charge in [-0.3, -0.25) is 9.59 Å². The number of nitrogens with zero attached hydrogens (tertiary/aromatic N) is 1. The molecule has 0 radical (unpaired) electrons. The molecule has 0 saturated heterocycles. The summed E-state index contributed by atoms with van der Waals surface area (Å²) in [5.41, 5.74) is 1.44. The Morgan fingerprint density at radius 3 is 2.08 bits per heavy atom. The molecule has 0 fully saturated rings. The predicted molar refractivity (Wildman–Crippen MR) is 134 cm³/mol. The second-order valence-corrected chi connectivity index (χ2v) is 8.27. The summed E-state index contributed by atoms with van der Waals surface area (Å²) < 4.78 is 45.4. The number of rotatable bonds is 8. The number of halogens is 2. The SMILES string of the molecule is CCOc1cc(C(=O)N2CC(=O)Nc3ccc(F)cc3C2c2ccc(F)cc2)cc(OCC)c1OCC.